The molecule has 1 heterocycles. The summed E-state index contributed by atoms with van der Waals surface area (Å²) >= 11 is 0. The minimum Gasteiger partial charge on any atom is -0.383 e. The van der Waals surface area contributed by atoms with Crippen molar-refractivity contribution in [3.8, 4) is 0 Å². The summed E-state index contributed by atoms with van der Waals surface area (Å²) in [5, 5.41) is 3.76. The number of nitrogen functional groups attached to an aromatic ring is 1. The summed E-state index contributed by atoms with van der Waals surface area (Å²) in [6, 6.07) is -0.335. The van der Waals surface area contributed by atoms with Crippen LogP contribution in [0.4, 0.5) is 19.0 Å². The summed E-state index contributed by atoms with van der Waals surface area (Å²) in [5.41, 5.74) is 5.62. The summed E-state index contributed by atoms with van der Waals surface area (Å²) < 4.78 is 38.5. The molecule has 2 N–H and O–H groups in total. The first-order chi connectivity index (χ1) is 8.29. The van der Waals surface area contributed by atoms with E-state index < -0.39 is 18.6 Å². The Hall–Kier alpha value is -1.73. The number of halogens is 3. The number of rotatable bonds is 3. The second-order valence-electron chi connectivity index (χ2n) is 4.35. The third-order valence-corrected chi connectivity index (χ3v) is 2.81. The number of aryl methyl sites for hydroxylation is 1. The maximum absolute atomic E-state index is 12.4. The number of nitrogens with zero attached hydrogens (tertiary/aromatic N) is 3. The SMILES string of the molecule is Cn1ncc(C(=O)N(CC(F)(F)F)C2CC2)c1N. The van der Waals surface area contributed by atoms with E-state index in [1.165, 1.54) is 17.9 Å². The van der Waals surface area contributed by atoms with Gasteiger partial charge in [0, 0.05) is 13.1 Å². The maximum atomic E-state index is 12.4. The first-order valence-electron chi connectivity index (χ1n) is 5.45. The molecule has 100 valence electrons. The minimum atomic E-state index is -4.41. The van der Waals surface area contributed by atoms with Gasteiger partial charge in [-0.05, 0) is 12.8 Å². The van der Waals surface area contributed by atoms with E-state index in [0.717, 1.165) is 4.90 Å². The third-order valence-electron chi connectivity index (χ3n) is 2.81. The van der Waals surface area contributed by atoms with E-state index in [9.17, 15) is 18.0 Å². The van der Waals surface area contributed by atoms with Gasteiger partial charge in [0.25, 0.3) is 5.91 Å². The van der Waals surface area contributed by atoms with Gasteiger partial charge >= 0.3 is 6.18 Å². The molecule has 0 bridgehead atoms. The molecule has 2 rings (SSSR count). The Morgan fingerprint density at radius 1 is 1.61 bits per heavy atom. The van der Waals surface area contributed by atoms with Crippen LogP contribution in [0.5, 0.6) is 0 Å². The Morgan fingerprint density at radius 3 is 2.61 bits per heavy atom. The number of carbonyl (C=O) groups excluding carboxylic acids is 1. The van der Waals surface area contributed by atoms with Gasteiger partial charge in [0.05, 0.1) is 6.20 Å². The van der Waals surface area contributed by atoms with Crippen molar-refractivity contribution < 1.29 is 18.0 Å². The zero-order valence-corrected chi connectivity index (χ0v) is 9.74. The van der Waals surface area contributed by atoms with Crippen LogP contribution in [0.1, 0.15) is 23.2 Å². The summed E-state index contributed by atoms with van der Waals surface area (Å²) in [6.45, 7) is -1.25. The predicted octanol–water partition coefficient (Wildman–Crippen LogP) is 1.17. The van der Waals surface area contributed by atoms with Crippen molar-refractivity contribution in [2.75, 3.05) is 12.3 Å². The van der Waals surface area contributed by atoms with Gasteiger partial charge in [0.1, 0.15) is 17.9 Å². The van der Waals surface area contributed by atoms with Crippen LogP contribution in [0.2, 0.25) is 0 Å². The van der Waals surface area contributed by atoms with Crippen molar-refractivity contribution in [1.82, 2.24) is 14.7 Å². The van der Waals surface area contributed by atoms with Gasteiger partial charge in [-0.3, -0.25) is 9.48 Å². The molecule has 0 saturated heterocycles. The minimum absolute atomic E-state index is 0.0219. The van der Waals surface area contributed by atoms with Gasteiger partial charge in [0.15, 0.2) is 0 Å². The number of aromatic nitrogens is 2. The van der Waals surface area contributed by atoms with E-state index in [-0.39, 0.29) is 17.4 Å². The Balaban J connectivity index is 2.21. The molecule has 0 atom stereocenters. The topological polar surface area (TPSA) is 64.2 Å². The lowest BCUT2D eigenvalue weighted by Gasteiger charge is -2.23. The Morgan fingerprint density at radius 2 is 2.22 bits per heavy atom. The molecular weight excluding hydrogens is 249 g/mol. The number of alkyl halides is 3. The molecule has 0 unspecified atom stereocenters. The molecule has 8 heteroatoms. The molecule has 1 aromatic heterocycles. The average Bonchev–Trinajstić information content (AvgIpc) is 3.03. The van der Waals surface area contributed by atoms with Crippen LogP contribution in [-0.4, -0.2) is 39.4 Å². The van der Waals surface area contributed by atoms with Gasteiger partial charge in [-0.2, -0.15) is 18.3 Å². The highest BCUT2D eigenvalue weighted by molar-refractivity contribution is 5.98. The maximum Gasteiger partial charge on any atom is 0.406 e. The zero-order valence-electron chi connectivity index (χ0n) is 9.74. The lowest BCUT2D eigenvalue weighted by Crippen LogP contribution is -2.40. The molecule has 1 aromatic rings. The Kier molecular flexibility index (Phi) is 2.95. The largest absolute Gasteiger partial charge is 0.406 e. The molecule has 1 saturated carbocycles. The molecule has 18 heavy (non-hydrogen) atoms. The molecule has 5 nitrogen and oxygen atoms in total. The second kappa shape index (κ2) is 4.18. The normalized spacial score (nSPS) is 15.8. The van der Waals surface area contributed by atoms with Crippen LogP contribution in [0, 0.1) is 0 Å². The Bertz CT molecular complexity index is 464. The van der Waals surface area contributed by atoms with Gasteiger partial charge in [-0.15, -0.1) is 0 Å². The van der Waals surface area contributed by atoms with E-state index >= 15 is 0 Å². The van der Waals surface area contributed by atoms with Crippen molar-refractivity contribution in [3.63, 3.8) is 0 Å². The van der Waals surface area contributed by atoms with Crippen LogP contribution in [-0.2, 0) is 7.05 Å². The standard InChI is InChI=1S/C10H13F3N4O/c1-16-8(14)7(4-15-16)9(18)17(6-2-3-6)5-10(11,12)13/h4,6H,2-3,5,14H2,1H3. The first kappa shape index (κ1) is 12.7. The van der Waals surface area contributed by atoms with E-state index in [1.54, 1.807) is 0 Å². The number of hydrogen-bond donors (Lipinski definition) is 1. The lowest BCUT2D eigenvalue weighted by atomic mass is 10.2. The van der Waals surface area contributed by atoms with Crippen LogP contribution < -0.4 is 5.73 Å². The Labute approximate surface area is 101 Å². The molecule has 0 radical (unpaired) electrons. The fourth-order valence-corrected chi connectivity index (χ4v) is 1.71. The van der Waals surface area contributed by atoms with Crippen LogP contribution in [0.15, 0.2) is 6.20 Å². The molecule has 0 spiro atoms. The number of anilines is 1. The molecule has 0 aromatic carbocycles. The molecule has 1 fully saturated rings. The number of carbonyl (C=O) groups is 1. The average molecular weight is 262 g/mol. The van der Waals surface area contributed by atoms with Crippen molar-refractivity contribution in [3.05, 3.63) is 11.8 Å². The van der Waals surface area contributed by atoms with Crippen molar-refractivity contribution >= 4 is 11.7 Å². The van der Waals surface area contributed by atoms with Crippen molar-refractivity contribution in [1.29, 1.82) is 0 Å². The van der Waals surface area contributed by atoms with Gasteiger partial charge in [0.2, 0.25) is 0 Å². The smallest absolute Gasteiger partial charge is 0.383 e. The molecule has 1 aliphatic carbocycles. The summed E-state index contributed by atoms with van der Waals surface area (Å²) in [5.74, 6) is -0.631. The van der Waals surface area contributed by atoms with Crippen molar-refractivity contribution in [2.24, 2.45) is 7.05 Å². The lowest BCUT2D eigenvalue weighted by molar-refractivity contribution is -0.141. The highest BCUT2D eigenvalue weighted by atomic mass is 19.4. The van der Waals surface area contributed by atoms with Crippen LogP contribution in [0.3, 0.4) is 0 Å². The molecule has 1 aliphatic rings. The van der Waals surface area contributed by atoms with Gasteiger partial charge in [-0.25, -0.2) is 0 Å². The first-order valence-corrected chi connectivity index (χ1v) is 5.45. The van der Waals surface area contributed by atoms with Gasteiger partial charge in [-0.1, -0.05) is 0 Å². The zero-order chi connectivity index (χ0) is 13.5. The predicted molar refractivity (Wildman–Crippen MR) is 57.7 cm³/mol. The van der Waals surface area contributed by atoms with Crippen LogP contribution in [0.25, 0.3) is 0 Å². The molecular formula is C10H13F3N4O. The summed E-state index contributed by atoms with van der Waals surface area (Å²) in [7, 11) is 1.53. The monoisotopic (exact) mass is 262 g/mol. The van der Waals surface area contributed by atoms with Gasteiger partial charge < -0.3 is 10.6 Å². The van der Waals surface area contributed by atoms with E-state index in [2.05, 4.69) is 5.10 Å². The number of nitrogens with two attached hydrogens (primary N) is 1. The molecule has 0 aliphatic heterocycles. The summed E-state index contributed by atoms with van der Waals surface area (Å²) in [4.78, 5) is 12.9. The third kappa shape index (κ3) is 2.57. The van der Waals surface area contributed by atoms with Crippen molar-refractivity contribution in [2.45, 2.75) is 25.1 Å². The number of hydrogen-bond acceptors (Lipinski definition) is 3. The van der Waals surface area contributed by atoms with E-state index in [1.807, 2.05) is 0 Å². The number of amides is 1. The van der Waals surface area contributed by atoms with Crippen LogP contribution >= 0.6 is 0 Å². The quantitative estimate of drug-likeness (QED) is 0.889. The summed E-state index contributed by atoms with van der Waals surface area (Å²) in [6.07, 6.45) is -2.01. The highest BCUT2D eigenvalue weighted by Crippen LogP contribution is 2.32. The van der Waals surface area contributed by atoms with E-state index in [0.29, 0.717) is 12.8 Å². The van der Waals surface area contributed by atoms with E-state index in [4.69, 9.17) is 5.73 Å². The second-order valence-corrected chi connectivity index (χ2v) is 4.35. The highest BCUT2D eigenvalue weighted by Gasteiger charge is 2.41. The fraction of sp³-hybridized carbons (Fsp3) is 0.600. The fourth-order valence-electron chi connectivity index (χ4n) is 1.71. The molecule has 1 amide bonds.